The maximum Gasteiger partial charge on any atom is 0.193 e. The minimum Gasteiger partial charge on any atom is -0.457 e. The first-order valence-electron chi connectivity index (χ1n) is 9.69. The number of carbonyl (C=O) groups is 1. The molecule has 5 aromatic rings. The number of carbonyl (C=O) groups excluding carboxylic acids is 1. The lowest BCUT2D eigenvalue weighted by Gasteiger charge is -2.05. The average Bonchev–Trinajstić information content (AvgIpc) is 3.24. The molecule has 0 saturated heterocycles. The molecule has 0 aliphatic heterocycles. The SMILES string of the molecule is O=C(c1ccccc1)c1ccc2nc(-c3ccc(Oc4ccccc4)cc3)[nH]c2c1. The molecule has 4 heteroatoms. The van der Waals surface area contributed by atoms with Crippen molar-refractivity contribution in [3.05, 3.63) is 114 Å². The third-order valence-corrected chi connectivity index (χ3v) is 4.89. The number of imidazole rings is 1. The third-order valence-electron chi connectivity index (χ3n) is 4.89. The van der Waals surface area contributed by atoms with Crippen LogP contribution in [-0.2, 0) is 0 Å². The molecule has 0 spiro atoms. The third kappa shape index (κ3) is 3.59. The van der Waals surface area contributed by atoms with E-state index in [1.807, 2.05) is 103 Å². The highest BCUT2D eigenvalue weighted by atomic mass is 16.5. The van der Waals surface area contributed by atoms with E-state index in [9.17, 15) is 4.79 Å². The summed E-state index contributed by atoms with van der Waals surface area (Å²) in [7, 11) is 0. The fraction of sp³-hybridized carbons (Fsp3) is 0. The maximum absolute atomic E-state index is 12.7. The van der Waals surface area contributed by atoms with Gasteiger partial charge in [-0.3, -0.25) is 4.79 Å². The minimum atomic E-state index is -0.00364. The van der Waals surface area contributed by atoms with Crippen molar-refractivity contribution in [1.29, 1.82) is 0 Å². The van der Waals surface area contributed by atoms with Crippen molar-refractivity contribution >= 4 is 16.8 Å². The van der Waals surface area contributed by atoms with E-state index in [1.165, 1.54) is 0 Å². The molecule has 4 nitrogen and oxygen atoms in total. The molecule has 0 atom stereocenters. The van der Waals surface area contributed by atoms with E-state index in [4.69, 9.17) is 4.74 Å². The number of nitrogens with one attached hydrogen (secondary N) is 1. The highest BCUT2D eigenvalue weighted by Gasteiger charge is 2.12. The van der Waals surface area contributed by atoms with Crippen LogP contribution in [0, 0.1) is 0 Å². The first-order chi connectivity index (χ1) is 14.8. The number of hydrogen-bond acceptors (Lipinski definition) is 3. The molecule has 4 aromatic carbocycles. The second-order valence-electron chi connectivity index (χ2n) is 6.95. The number of hydrogen-bond donors (Lipinski definition) is 1. The molecule has 0 amide bonds. The van der Waals surface area contributed by atoms with Crippen molar-refractivity contribution in [1.82, 2.24) is 9.97 Å². The molecule has 1 heterocycles. The molecule has 0 unspecified atom stereocenters. The van der Waals surface area contributed by atoms with E-state index in [2.05, 4.69) is 9.97 Å². The van der Waals surface area contributed by atoms with Crippen LogP contribution in [0.3, 0.4) is 0 Å². The van der Waals surface area contributed by atoms with Gasteiger partial charge in [-0.25, -0.2) is 4.98 Å². The topological polar surface area (TPSA) is 55.0 Å². The van der Waals surface area contributed by atoms with Crippen LogP contribution in [0.2, 0.25) is 0 Å². The highest BCUT2D eigenvalue weighted by molar-refractivity contribution is 6.10. The first kappa shape index (κ1) is 17.9. The van der Waals surface area contributed by atoms with Crippen molar-refractivity contribution in [2.24, 2.45) is 0 Å². The smallest absolute Gasteiger partial charge is 0.193 e. The van der Waals surface area contributed by atoms with Gasteiger partial charge in [0.25, 0.3) is 0 Å². The molecule has 1 aromatic heterocycles. The number of aromatic nitrogens is 2. The van der Waals surface area contributed by atoms with Crippen LogP contribution in [0.4, 0.5) is 0 Å². The lowest BCUT2D eigenvalue weighted by atomic mass is 10.0. The van der Waals surface area contributed by atoms with Crippen LogP contribution >= 0.6 is 0 Å². The second kappa shape index (κ2) is 7.68. The van der Waals surface area contributed by atoms with Gasteiger partial charge in [-0.05, 0) is 54.6 Å². The van der Waals surface area contributed by atoms with Gasteiger partial charge in [0.2, 0.25) is 0 Å². The standard InChI is InChI=1S/C26H18N2O2/c29-25(18-7-3-1-4-8-18)20-13-16-23-24(17-20)28-26(27-23)19-11-14-22(15-12-19)30-21-9-5-2-6-10-21/h1-17H,(H,27,28). The van der Waals surface area contributed by atoms with E-state index in [0.29, 0.717) is 11.1 Å². The van der Waals surface area contributed by atoms with Gasteiger partial charge in [0.1, 0.15) is 17.3 Å². The fourth-order valence-corrected chi connectivity index (χ4v) is 3.35. The van der Waals surface area contributed by atoms with Gasteiger partial charge in [-0.15, -0.1) is 0 Å². The highest BCUT2D eigenvalue weighted by Crippen LogP contribution is 2.26. The summed E-state index contributed by atoms with van der Waals surface area (Å²) in [6, 6.07) is 32.3. The largest absolute Gasteiger partial charge is 0.457 e. The molecule has 0 saturated carbocycles. The lowest BCUT2D eigenvalue weighted by Crippen LogP contribution is -2.00. The van der Waals surface area contributed by atoms with E-state index >= 15 is 0 Å². The van der Waals surface area contributed by atoms with Gasteiger partial charge >= 0.3 is 0 Å². The lowest BCUT2D eigenvalue weighted by molar-refractivity contribution is 0.103. The van der Waals surface area contributed by atoms with Crippen molar-refractivity contribution in [3.8, 4) is 22.9 Å². The summed E-state index contributed by atoms with van der Waals surface area (Å²) in [5, 5.41) is 0. The number of H-pyrrole nitrogens is 1. The number of ether oxygens (including phenoxy) is 1. The number of benzene rings is 4. The second-order valence-corrected chi connectivity index (χ2v) is 6.95. The van der Waals surface area contributed by atoms with Gasteiger partial charge in [-0.1, -0.05) is 48.5 Å². The Morgan fingerprint density at radius 1 is 0.700 bits per heavy atom. The minimum absolute atomic E-state index is 0.00364. The first-order valence-corrected chi connectivity index (χ1v) is 9.69. The summed E-state index contributed by atoms with van der Waals surface area (Å²) in [5.74, 6) is 2.30. The van der Waals surface area contributed by atoms with E-state index < -0.39 is 0 Å². The van der Waals surface area contributed by atoms with Crippen molar-refractivity contribution in [2.75, 3.05) is 0 Å². The zero-order valence-electron chi connectivity index (χ0n) is 16.1. The van der Waals surface area contributed by atoms with Crippen LogP contribution in [0.5, 0.6) is 11.5 Å². The van der Waals surface area contributed by atoms with E-state index in [-0.39, 0.29) is 5.78 Å². The van der Waals surface area contributed by atoms with Crippen LogP contribution in [-0.4, -0.2) is 15.8 Å². The summed E-state index contributed by atoms with van der Waals surface area (Å²) in [5.41, 5.74) is 3.90. The Morgan fingerprint density at radius 3 is 2.10 bits per heavy atom. The molecule has 0 fully saturated rings. The Morgan fingerprint density at radius 2 is 1.37 bits per heavy atom. The van der Waals surface area contributed by atoms with Gasteiger partial charge in [-0.2, -0.15) is 0 Å². The number of rotatable bonds is 5. The number of para-hydroxylation sites is 1. The Balaban J connectivity index is 1.40. The summed E-state index contributed by atoms with van der Waals surface area (Å²) < 4.78 is 5.84. The van der Waals surface area contributed by atoms with E-state index in [1.54, 1.807) is 0 Å². The fourth-order valence-electron chi connectivity index (χ4n) is 3.35. The number of fused-ring (bicyclic) bond motifs is 1. The van der Waals surface area contributed by atoms with E-state index in [0.717, 1.165) is 33.9 Å². The van der Waals surface area contributed by atoms with Gasteiger partial charge < -0.3 is 9.72 Å². The molecule has 5 rings (SSSR count). The molecule has 0 radical (unpaired) electrons. The maximum atomic E-state index is 12.7. The quantitative estimate of drug-likeness (QED) is 0.361. The summed E-state index contributed by atoms with van der Waals surface area (Å²) in [6.45, 7) is 0. The average molecular weight is 390 g/mol. The Bertz CT molecular complexity index is 1310. The molecular formula is C26H18N2O2. The van der Waals surface area contributed by atoms with Crippen molar-refractivity contribution in [3.63, 3.8) is 0 Å². The van der Waals surface area contributed by atoms with Crippen molar-refractivity contribution < 1.29 is 9.53 Å². The van der Waals surface area contributed by atoms with Gasteiger partial charge in [0.05, 0.1) is 11.0 Å². The Hall–Kier alpha value is -4.18. The molecule has 0 aliphatic carbocycles. The zero-order chi connectivity index (χ0) is 20.3. The van der Waals surface area contributed by atoms with Gasteiger partial charge in [0.15, 0.2) is 5.78 Å². The molecule has 144 valence electrons. The monoisotopic (exact) mass is 390 g/mol. The summed E-state index contributed by atoms with van der Waals surface area (Å²) in [4.78, 5) is 20.7. The van der Waals surface area contributed by atoms with Crippen LogP contribution in [0.15, 0.2) is 103 Å². The zero-order valence-corrected chi connectivity index (χ0v) is 16.1. The number of ketones is 1. The number of aromatic amines is 1. The summed E-state index contributed by atoms with van der Waals surface area (Å²) >= 11 is 0. The molecule has 0 aliphatic rings. The Kier molecular flexibility index (Phi) is 4.58. The Labute approximate surface area is 173 Å². The predicted molar refractivity (Wildman–Crippen MR) is 118 cm³/mol. The van der Waals surface area contributed by atoms with Gasteiger partial charge in [0, 0.05) is 16.7 Å². The molecule has 1 N–H and O–H groups in total. The molecular weight excluding hydrogens is 372 g/mol. The normalized spacial score (nSPS) is 10.8. The number of nitrogens with zero attached hydrogens (tertiary/aromatic N) is 1. The predicted octanol–water partition coefficient (Wildman–Crippen LogP) is 6.25. The summed E-state index contributed by atoms with van der Waals surface area (Å²) in [6.07, 6.45) is 0. The molecule has 0 bridgehead atoms. The van der Waals surface area contributed by atoms with Crippen LogP contribution in [0.25, 0.3) is 22.4 Å². The van der Waals surface area contributed by atoms with Crippen LogP contribution in [0.1, 0.15) is 15.9 Å². The van der Waals surface area contributed by atoms with Crippen LogP contribution < -0.4 is 4.74 Å². The molecule has 30 heavy (non-hydrogen) atoms. The van der Waals surface area contributed by atoms with Crippen molar-refractivity contribution in [2.45, 2.75) is 0 Å².